The molecule has 0 atom stereocenters. The molecule has 0 bridgehead atoms. The van der Waals surface area contributed by atoms with Crippen LogP contribution in [-0.2, 0) is 9.84 Å². The second-order valence-corrected chi connectivity index (χ2v) is 5.50. The zero-order valence-electron chi connectivity index (χ0n) is 9.40. The summed E-state index contributed by atoms with van der Waals surface area (Å²) in [5.74, 6) is -3.46. The Labute approximate surface area is 107 Å². The van der Waals surface area contributed by atoms with Crippen LogP contribution in [0.2, 0.25) is 0 Å². The van der Waals surface area contributed by atoms with Crippen molar-refractivity contribution in [2.75, 3.05) is 0 Å². The summed E-state index contributed by atoms with van der Waals surface area (Å²) in [5.41, 5.74) is 0.671. The molecule has 0 saturated heterocycles. The van der Waals surface area contributed by atoms with Gasteiger partial charge in [-0.3, -0.25) is 4.79 Å². The van der Waals surface area contributed by atoms with E-state index in [0.29, 0.717) is 12.0 Å². The molecular weight excluding hydrogens is 278 g/mol. The van der Waals surface area contributed by atoms with E-state index >= 15 is 0 Å². The van der Waals surface area contributed by atoms with Crippen molar-refractivity contribution in [1.82, 2.24) is 9.78 Å². The highest BCUT2D eigenvalue weighted by atomic mass is 32.2. The molecule has 1 aromatic carbocycles. The maximum Gasteiger partial charge on any atom is 0.341 e. The Bertz CT molecular complexity index is 693. The van der Waals surface area contributed by atoms with Gasteiger partial charge < -0.3 is 0 Å². The Hall–Kier alpha value is -2.09. The molecule has 0 N–H and O–H groups in total. The third-order valence-corrected chi connectivity index (χ3v) is 3.84. The van der Waals surface area contributed by atoms with Crippen molar-refractivity contribution in [3.05, 3.63) is 42.2 Å². The van der Waals surface area contributed by atoms with Gasteiger partial charge in [0.1, 0.15) is 5.69 Å². The van der Waals surface area contributed by atoms with Crippen molar-refractivity contribution >= 4 is 16.1 Å². The molecule has 100 valence electrons. The Morgan fingerprint density at radius 1 is 1.16 bits per heavy atom. The van der Waals surface area contributed by atoms with Gasteiger partial charge in [0.05, 0.1) is 16.8 Å². The number of sulfone groups is 1. The molecule has 0 amide bonds. The lowest BCUT2D eigenvalue weighted by molar-refractivity contribution is 0.111. The summed E-state index contributed by atoms with van der Waals surface area (Å²) >= 11 is 0. The molecule has 0 radical (unpaired) electrons. The number of nitrogens with zero attached hydrogens (tertiary/aromatic N) is 2. The van der Waals surface area contributed by atoms with Crippen LogP contribution in [0.25, 0.3) is 5.69 Å². The molecular formula is C11H8F2N2O3S. The third-order valence-electron chi connectivity index (χ3n) is 2.44. The van der Waals surface area contributed by atoms with Crippen molar-refractivity contribution in [3.8, 4) is 5.69 Å². The van der Waals surface area contributed by atoms with Crippen LogP contribution < -0.4 is 0 Å². The Kier molecular flexibility index (Phi) is 3.43. The van der Waals surface area contributed by atoms with Gasteiger partial charge in [0.25, 0.3) is 0 Å². The molecule has 2 aromatic rings. The number of hydrogen-bond donors (Lipinski definition) is 0. The number of hydrogen-bond acceptors (Lipinski definition) is 4. The predicted molar refractivity (Wildman–Crippen MR) is 62.1 cm³/mol. The molecule has 8 heteroatoms. The molecule has 2 rings (SSSR count). The second kappa shape index (κ2) is 4.88. The maximum atomic E-state index is 12.3. The fourth-order valence-corrected chi connectivity index (χ4v) is 2.22. The van der Waals surface area contributed by atoms with Crippen molar-refractivity contribution < 1.29 is 22.0 Å². The minimum Gasteiger partial charge on any atom is -0.296 e. The van der Waals surface area contributed by atoms with Gasteiger partial charge in [-0.2, -0.15) is 13.9 Å². The van der Waals surface area contributed by atoms with Gasteiger partial charge in [-0.05, 0) is 30.3 Å². The molecule has 19 heavy (non-hydrogen) atoms. The van der Waals surface area contributed by atoms with Gasteiger partial charge >= 0.3 is 5.76 Å². The van der Waals surface area contributed by atoms with E-state index in [2.05, 4.69) is 5.10 Å². The largest absolute Gasteiger partial charge is 0.341 e. The molecule has 0 saturated carbocycles. The lowest BCUT2D eigenvalue weighted by Gasteiger charge is -2.06. The van der Waals surface area contributed by atoms with E-state index in [0.717, 1.165) is 12.1 Å². The topological polar surface area (TPSA) is 69.0 Å². The van der Waals surface area contributed by atoms with Crippen LogP contribution in [0, 0.1) is 0 Å². The fraction of sp³-hybridized carbons (Fsp3) is 0.0909. The molecule has 5 nitrogen and oxygen atoms in total. The van der Waals surface area contributed by atoms with Crippen LogP contribution in [0.4, 0.5) is 8.78 Å². The lowest BCUT2D eigenvalue weighted by atomic mass is 10.3. The number of rotatable bonds is 4. The number of halogens is 2. The van der Waals surface area contributed by atoms with E-state index in [-0.39, 0.29) is 5.69 Å². The van der Waals surface area contributed by atoms with Crippen LogP contribution in [0.15, 0.2) is 41.4 Å². The first-order valence-electron chi connectivity index (χ1n) is 5.08. The lowest BCUT2D eigenvalue weighted by Crippen LogP contribution is -2.11. The molecule has 0 fully saturated rings. The summed E-state index contributed by atoms with van der Waals surface area (Å²) in [6, 6.07) is 6.17. The van der Waals surface area contributed by atoms with Gasteiger partial charge in [-0.25, -0.2) is 13.1 Å². The maximum absolute atomic E-state index is 12.3. The van der Waals surface area contributed by atoms with E-state index in [9.17, 15) is 22.0 Å². The van der Waals surface area contributed by atoms with Crippen LogP contribution in [0.5, 0.6) is 0 Å². The van der Waals surface area contributed by atoms with Gasteiger partial charge in [0, 0.05) is 0 Å². The molecule has 0 spiro atoms. The summed E-state index contributed by atoms with van der Waals surface area (Å²) in [6.07, 6.45) is 1.98. The molecule has 0 aliphatic carbocycles. The average Bonchev–Trinajstić information content (AvgIpc) is 2.87. The SMILES string of the molecule is O=Cc1ccnn1-c1ccc(S(=O)(=O)C(F)F)cc1. The molecule has 0 aliphatic heterocycles. The van der Waals surface area contributed by atoms with Gasteiger partial charge in [-0.15, -0.1) is 0 Å². The smallest absolute Gasteiger partial charge is 0.296 e. The van der Waals surface area contributed by atoms with Crippen molar-refractivity contribution in [2.24, 2.45) is 0 Å². The molecule has 1 heterocycles. The molecule has 0 aliphatic rings. The normalized spacial score (nSPS) is 11.7. The second-order valence-electron chi connectivity index (χ2n) is 3.59. The number of carbonyl (C=O) groups is 1. The first-order chi connectivity index (χ1) is 8.96. The standard InChI is InChI=1S/C11H8F2N2O3S/c12-11(13)19(17,18)10-3-1-8(2-4-10)15-9(7-16)5-6-14-15/h1-7,11H. The van der Waals surface area contributed by atoms with Gasteiger partial charge in [0.15, 0.2) is 6.29 Å². The fourth-order valence-electron chi connectivity index (χ4n) is 1.50. The number of carbonyl (C=O) groups excluding carboxylic acids is 1. The monoisotopic (exact) mass is 286 g/mol. The van der Waals surface area contributed by atoms with Crippen LogP contribution in [-0.4, -0.2) is 30.2 Å². The van der Waals surface area contributed by atoms with E-state index in [1.165, 1.54) is 29.1 Å². The minimum atomic E-state index is -4.61. The van der Waals surface area contributed by atoms with Crippen LogP contribution in [0.1, 0.15) is 10.5 Å². The van der Waals surface area contributed by atoms with Crippen LogP contribution in [0.3, 0.4) is 0 Å². The highest BCUT2D eigenvalue weighted by molar-refractivity contribution is 7.91. The van der Waals surface area contributed by atoms with E-state index in [4.69, 9.17) is 0 Å². The first kappa shape index (κ1) is 13.3. The number of alkyl halides is 2. The summed E-state index contributed by atoms with van der Waals surface area (Å²) in [7, 11) is -4.61. The van der Waals surface area contributed by atoms with Gasteiger partial charge in [-0.1, -0.05) is 0 Å². The van der Waals surface area contributed by atoms with Crippen molar-refractivity contribution in [1.29, 1.82) is 0 Å². The Morgan fingerprint density at radius 3 is 2.32 bits per heavy atom. The minimum absolute atomic E-state index is 0.268. The van der Waals surface area contributed by atoms with E-state index < -0.39 is 20.5 Å². The van der Waals surface area contributed by atoms with E-state index in [1.54, 1.807) is 0 Å². The zero-order chi connectivity index (χ0) is 14.0. The summed E-state index contributed by atoms with van der Waals surface area (Å²) < 4.78 is 48.4. The average molecular weight is 286 g/mol. The molecule has 0 unspecified atom stereocenters. The van der Waals surface area contributed by atoms with Crippen molar-refractivity contribution in [2.45, 2.75) is 10.7 Å². The molecule has 1 aromatic heterocycles. The highest BCUT2D eigenvalue weighted by Crippen LogP contribution is 2.20. The Morgan fingerprint density at radius 2 is 1.79 bits per heavy atom. The first-order valence-corrected chi connectivity index (χ1v) is 6.63. The summed E-state index contributed by atoms with van der Waals surface area (Å²) in [5, 5.41) is 3.87. The van der Waals surface area contributed by atoms with Crippen LogP contribution >= 0.6 is 0 Å². The number of aromatic nitrogens is 2. The third kappa shape index (κ3) is 2.39. The number of benzene rings is 1. The zero-order valence-corrected chi connectivity index (χ0v) is 10.2. The Balaban J connectivity index is 2.42. The van der Waals surface area contributed by atoms with E-state index in [1.807, 2.05) is 0 Å². The quantitative estimate of drug-likeness (QED) is 0.802. The highest BCUT2D eigenvalue weighted by Gasteiger charge is 2.26. The number of aldehydes is 1. The summed E-state index contributed by atoms with van der Waals surface area (Å²) in [6.45, 7) is 0. The predicted octanol–water partition coefficient (Wildman–Crippen LogP) is 1.68. The van der Waals surface area contributed by atoms with Gasteiger partial charge in [0.2, 0.25) is 9.84 Å². The van der Waals surface area contributed by atoms with Crippen molar-refractivity contribution in [3.63, 3.8) is 0 Å². The summed E-state index contributed by atoms with van der Waals surface area (Å²) in [4.78, 5) is 10.2.